The number of nitrogens with zero attached hydrogens (tertiary/aromatic N) is 2. The topological polar surface area (TPSA) is 49.8 Å². The summed E-state index contributed by atoms with van der Waals surface area (Å²) in [6.07, 6.45) is 2.61. The molecular weight excluding hydrogens is 311 g/mol. The summed E-state index contributed by atoms with van der Waals surface area (Å²) in [6, 6.07) is 6.46. The molecule has 0 aliphatic heterocycles. The molecule has 2 aromatic rings. The monoisotopic (exact) mass is 324 g/mol. The number of anilines is 3. The van der Waals surface area contributed by atoms with Gasteiger partial charge < -0.3 is 10.6 Å². The molecule has 0 saturated heterocycles. The molecule has 0 fully saturated rings. The van der Waals surface area contributed by atoms with E-state index in [2.05, 4.69) is 43.5 Å². The Kier molecular flexibility index (Phi) is 4.68. The lowest BCUT2D eigenvalue weighted by Crippen LogP contribution is -2.06. The van der Waals surface area contributed by atoms with Crippen LogP contribution in [0.5, 0.6) is 0 Å². The van der Waals surface area contributed by atoms with Crippen LogP contribution < -0.4 is 10.6 Å². The number of benzene rings is 1. The van der Waals surface area contributed by atoms with Crippen LogP contribution in [0, 0.1) is 5.82 Å². The van der Waals surface area contributed by atoms with E-state index in [9.17, 15) is 4.39 Å². The number of halogens is 2. The van der Waals surface area contributed by atoms with Gasteiger partial charge >= 0.3 is 0 Å². The summed E-state index contributed by atoms with van der Waals surface area (Å²) in [4.78, 5) is 8.44. The molecule has 0 spiro atoms. The molecule has 0 radical (unpaired) electrons. The summed E-state index contributed by atoms with van der Waals surface area (Å²) in [5, 5.41) is 6.03. The summed E-state index contributed by atoms with van der Waals surface area (Å²) in [7, 11) is 0. The van der Waals surface area contributed by atoms with Crippen LogP contribution in [0.1, 0.15) is 13.3 Å². The zero-order chi connectivity index (χ0) is 13.7. The van der Waals surface area contributed by atoms with Gasteiger partial charge in [0.05, 0.1) is 10.2 Å². The van der Waals surface area contributed by atoms with Crippen LogP contribution in [0.15, 0.2) is 34.9 Å². The second kappa shape index (κ2) is 6.47. The van der Waals surface area contributed by atoms with E-state index in [-0.39, 0.29) is 5.82 Å². The minimum absolute atomic E-state index is 0.323. The maximum atomic E-state index is 13.6. The Balaban J connectivity index is 2.21. The fourth-order valence-electron chi connectivity index (χ4n) is 1.47. The number of aromatic nitrogens is 2. The van der Waals surface area contributed by atoms with Crippen LogP contribution in [0.2, 0.25) is 0 Å². The average Bonchev–Trinajstić information content (AvgIpc) is 2.42. The normalized spacial score (nSPS) is 10.3. The molecule has 6 heteroatoms. The van der Waals surface area contributed by atoms with Gasteiger partial charge in [0.25, 0.3) is 0 Å². The van der Waals surface area contributed by atoms with Gasteiger partial charge in [-0.2, -0.15) is 4.98 Å². The molecule has 0 bridgehead atoms. The highest BCUT2D eigenvalue weighted by molar-refractivity contribution is 9.10. The van der Waals surface area contributed by atoms with Crippen molar-refractivity contribution in [2.75, 3.05) is 17.2 Å². The number of nitrogens with one attached hydrogen (secondary N) is 2. The Bertz CT molecular complexity index is 562. The van der Waals surface area contributed by atoms with E-state index in [1.54, 1.807) is 24.4 Å². The van der Waals surface area contributed by atoms with Gasteiger partial charge in [0.15, 0.2) is 0 Å². The van der Waals surface area contributed by atoms with Crippen LogP contribution in [0.25, 0.3) is 0 Å². The fraction of sp³-hybridized carbons (Fsp3) is 0.231. The van der Waals surface area contributed by atoms with E-state index in [4.69, 9.17) is 0 Å². The second-order valence-electron chi connectivity index (χ2n) is 3.92. The van der Waals surface area contributed by atoms with Gasteiger partial charge in [-0.05, 0) is 34.5 Å². The van der Waals surface area contributed by atoms with Crippen molar-refractivity contribution < 1.29 is 4.39 Å². The molecule has 19 heavy (non-hydrogen) atoms. The van der Waals surface area contributed by atoms with E-state index in [1.807, 2.05) is 0 Å². The van der Waals surface area contributed by atoms with Crippen LogP contribution in [-0.2, 0) is 0 Å². The zero-order valence-corrected chi connectivity index (χ0v) is 12.0. The molecule has 2 N–H and O–H groups in total. The standard InChI is InChI=1S/C13H14BrFN4/c1-2-7-16-13-17-8-9(14)12(19-13)18-11-6-4-3-5-10(11)15/h3-6,8H,2,7H2,1H3,(H2,16,17,18,19). The first-order valence-corrected chi connectivity index (χ1v) is 6.78. The molecule has 0 amide bonds. The Labute approximate surface area is 119 Å². The lowest BCUT2D eigenvalue weighted by atomic mass is 10.3. The van der Waals surface area contributed by atoms with Gasteiger partial charge in [0.2, 0.25) is 5.95 Å². The van der Waals surface area contributed by atoms with Crippen LogP contribution in [-0.4, -0.2) is 16.5 Å². The molecular formula is C13H14BrFN4. The first kappa shape index (κ1) is 13.7. The predicted octanol–water partition coefficient (Wildman–Crippen LogP) is 3.94. The van der Waals surface area contributed by atoms with Crippen LogP contribution in [0.4, 0.5) is 21.8 Å². The van der Waals surface area contributed by atoms with E-state index < -0.39 is 0 Å². The molecule has 0 aliphatic carbocycles. The highest BCUT2D eigenvalue weighted by Crippen LogP contribution is 2.25. The van der Waals surface area contributed by atoms with Crippen molar-refractivity contribution in [3.05, 3.63) is 40.8 Å². The van der Waals surface area contributed by atoms with Gasteiger partial charge in [-0.1, -0.05) is 19.1 Å². The third-order valence-electron chi connectivity index (χ3n) is 2.40. The summed E-state index contributed by atoms with van der Waals surface area (Å²) in [5.41, 5.74) is 0.378. The summed E-state index contributed by atoms with van der Waals surface area (Å²) in [5.74, 6) is 0.721. The van der Waals surface area contributed by atoms with Crippen LogP contribution >= 0.6 is 15.9 Å². The number of rotatable bonds is 5. The van der Waals surface area contributed by atoms with Crippen molar-refractivity contribution in [2.45, 2.75) is 13.3 Å². The zero-order valence-electron chi connectivity index (χ0n) is 10.5. The maximum absolute atomic E-state index is 13.6. The van der Waals surface area contributed by atoms with Crippen molar-refractivity contribution in [1.29, 1.82) is 0 Å². The van der Waals surface area contributed by atoms with Gasteiger partial charge in [-0.3, -0.25) is 0 Å². The highest BCUT2D eigenvalue weighted by Gasteiger charge is 2.07. The van der Waals surface area contributed by atoms with E-state index in [0.29, 0.717) is 21.9 Å². The molecule has 4 nitrogen and oxygen atoms in total. The molecule has 0 aliphatic rings. The third-order valence-corrected chi connectivity index (χ3v) is 2.98. The molecule has 1 aromatic heterocycles. The van der Waals surface area contributed by atoms with Gasteiger partial charge in [-0.25, -0.2) is 9.37 Å². The number of hydrogen-bond acceptors (Lipinski definition) is 4. The first-order valence-electron chi connectivity index (χ1n) is 5.98. The lowest BCUT2D eigenvalue weighted by molar-refractivity contribution is 0.632. The Morgan fingerprint density at radius 1 is 1.32 bits per heavy atom. The molecule has 0 unspecified atom stereocenters. The van der Waals surface area contributed by atoms with Gasteiger partial charge in [-0.15, -0.1) is 0 Å². The smallest absolute Gasteiger partial charge is 0.224 e. The first-order chi connectivity index (χ1) is 9.20. The number of para-hydroxylation sites is 1. The highest BCUT2D eigenvalue weighted by atomic mass is 79.9. The SMILES string of the molecule is CCCNc1ncc(Br)c(Nc2ccccc2F)n1. The Morgan fingerprint density at radius 3 is 2.84 bits per heavy atom. The van der Waals surface area contributed by atoms with Crippen molar-refractivity contribution in [3.8, 4) is 0 Å². The second-order valence-corrected chi connectivity index (χ2v) is 4.78. The van der Waals surface area contributed by atoms with E-state index >= 15 is 0 Å². The molecule has 0 atom stereocenters. The molecule has 2 rings (SSSR count). The van der Waals surface area contributed by atoms with E-state index in [0.717, 1.165) is 13.0 Å². The molecule has 100 valence electrons. The average molecular weight is 325 g/mol. The molecule has 1 aromatic carbocycles. The van der Waals surface area contributed by atoms with Crippen molar-refractivity contribution in [3.63, 3.8) is 0 Å². The fourth-order valence-corrected chi connectivity index (χ4v) is 1.76. The summed E-state index contributed by atoms with van der Waals surface area (Å²) in [6.45, 7) is 2.85. The van der Waals surface area contributed by atoms with Crippen molar-refractivity contribution in [2.24, 2.45) is 0 Å². The number of hydrogen-bond donors (Lipinski definition) is 2. The minimum Gasteiger partial charge on any atom is -0.354 e. The third kappa shape index (κ3) is 3.64. The Morgan fingerprint density at radius 2 is 2.11 bits per heavy atom. The van der Waals surface area contributed by atoms with Crippen LogP contribution in [0.3, 0.4) is 0 Å². The van der Waals surface area contributed by atoms with Gasteiger partial charge in [0.1, 0.15) is 11.6 Å². The summed E-state index contributed by atoms with van der Waals surface area (Å²) < 4.78 is 14.3. The van der Waals surface area contributed by atoms with Gasteiger partial charge in [0, 0.05) is 12.7 Å². The predicted molar refractivity (Wildman–Crippen MR) is 78.2 cm³/mol. The lowest BCUT2D eigenvalue weighted by Gasteiger charge is -2.10. The summed E-state index contributed by atoms with van der Waals surface area (Å²) >= 11 is 3.34. The largest absolute Gasteiger partial charge is 0.354 e. The molecule has 0 saturated carbocycles. The van der Waals surface area contributed by atoms with Crippen molar-refractivity contribution in [1.82, 2.24) is 9.97 Å². The van der Waals surface area contributed by atoms with E-state index in [1.165, 1.54) is 6.07 Å². The quantitative estimate of drug-likeness (QED) is 0.874. The molecule has 1 heterocycles. The Hall–Kier alpha value is -1.69. The maximum Gasteiger partial charge on any atom is 0.224 e. The minimum atomic E-state index is -0.323. The van der Waals surface area contributed by atoms with Crippen molar-refractivity contribution >= 4 is 33.4 Å².